The first-order valence-electron chi connectivity index (χ1n) is 5.66. The minimum atomic E-state index is -1.11. The van der Waals surface area contributed by atoms with Gasteiger partial charge in [0.05, 0.1) is 0 Å². The summed E-state index contributed by atoms with van der Waals surface area (Å²) in [5.41, 5.74) is 0. The maximum Gasteiger partial charge on any atom is 0.371 e. The molecule has 1 aromatic heterocycles. The molecule has 0 bridgehead atoms. The molecule has 1 atom stereocenters. The van der Waals surface area contributed by atoms with Crippen molar-refractivity contribution in [2.24, 2.45) is 0 Å². The number of aliphatic hydroxyl groups excluding tert-OH is 1. The fourth-order valence-electron chi connectivity index (χ4n) is 1.55. The zero-order valence-corrected chi connectivity index (χ0v) is 9.48. The number of aliphatic hydroxyl groups is 1. The second-order valence-corrected chi connectivity index (χ2v) is 3.87. The van der Waals surface area contributed by atoms with E-state index in [2.05, 4.69) is 6.92 Å². The van der Waals surface area contributed by atoms with Gasteiger partial charge in [0.25, 0.3) is 0 Å². The zero-order chi connectivity index (χ0) is 12.0. The summed E-state index contributed by atoms with van der Waals surface area (Å²) in [6, 6.07) is 2.89. The molecule has 90 valence electrons. The third-order valence-corrected chi connectivity index (χ3v) is 2.50. The molecule has 1 unspecified atom stereocenters. The van der Waals surface area contributed by atoms with Gasteiger partial charge in [-0.2, -0.15) is 0 Å². The Morgan fingerprint density at radius 1 is 1.38 bits per heavy atom. The quantitative estimate of drug-likeness (QED) is 0.701. The molecular formula is C12H18O4. The molecule has 16 heavy (non-hydrogen) atoms. The number of carboxylic acids is 1. The van der Waals surface area contributed by atoms with Gasteiger partial charge in [-0.1, -0.05) is 32.6 Å². The fraction of sp³-hybridized carbons (Fsp3) is 0.583. The highest BCUT2D eigenvalue weighted by atomic mass is 16.4. The SMILES string of the molecule is CCCCCCC(O)c1ccc(C(=O)O)o1. The van der Waals surface area contributed by atoms with Crippen LogP contribution in [-0.2, 0) is 0 Å². The molecule has 0 saturated heterocycles. The number of unbranched alkanes of at least 4 members (excludes halogenated alkanes) is 3. The van der Waals surface area contributed by atoms with E-state index in [1.807, 2.05) is 0 Å². The molecule has 0 aliphatic heterocycles. The predicted octanol–water partition coefficient (Wildman–Crippen LogP) is 2.98. The monoisotopic (exact) mass is 226 g/mol. The van der Waals surface area contributed by atoms with E-state index >= 15 is 0 Å². The third-order valence-electron chi connectivity index (χ3n) is 2.50. The van der Waals surface area contributed by atoms with Crippen LogP contribution in [0.5, 0.6) is 0 Å². The number of furan rings is 1. The second-order valence-electron chi connectivity index (χ2n) is 3.87. The van der Waals surface area contributed by atoms with Crippen LogP contribution in [0.3, 0.4) is 0 Å². The summed E-state index contributed by atoms with van der Waals surface area (Å²) in [5, 5.41) is 18.4. The number of rotatable bonds is 7. The molecule has 0 saturated carbocycles. The normalized spacial score (nSPS) is 12.6. The maximum atomic E-state index is 10.6. The van der Waals surface area contributed by atoms with Crippen molar-refractivity contribution >= 4 is 5.97 Å². The minimum Gasteiger partial charge on any atom is -0.475 e. The Kier molecular flexibility index (Phi) is 5.05. The molecule has 0 aliphatic rings. The first-order valence-corrected chi connectivity index (χ1v) is 5.66. The number of hydrogen-bond acceptors (Lipinski definition) is 3. The smallest absolute Gasteiger partial charge is 0.371 e. The standard InChI is InChI=1S/C12H18O4/c1-2-3-4-5-6-9(13)10-7-8-11(16-10)12(14)15/h7-9,13H,2-6H2,1H3,(H,14,15). The molecule has 4 nitrogen and oxygen atoms in total. The van der Waals surface area contributed by atoms with Crippen molar-refractivity contribution in [2.75, 3.05) is 0 Å². The van der Waals surface area contributed by atoms with Crippen LogP contribution < -0.4 is 0 Å². The number of aromatic carboxylic acids is 1. The minimum absolute atomic E-state index is 0.123. The van der Waals surface area contributed by atoms with Gasteiger partial charge < -0.3 is 14.6 Å². The van der Waals surface area contributed by atoms with Crippen molar-refractivity contribution in [2.45, 2.75) is 45.1 Å². The molecule has 0 radical (unpaired) electrons. The Bertz CT molecular complexity index is 330. The zero-order valence-electron chi connectivity index (χ0n) is 9.48. The van der Waals surface area contributed by atoms with Crippen molar-refractivity contribution < 1.29 is 19.4 Å². The highest BCUT2D eigenvalue weighted by molar-refractivity contribution is 5.84. The van der Waals surface area contributed by atoms with Crippen LogP contribution in [0.4, 0.5) is 0 Å². The molecule has 4 heteroatoms. The van der Waals surface area contributed by atoms with E-state index < -0.39 is 12.1 Å². The lowest BCUT2D eigenvalue weighted by molar-refractivity contribution is 0.0649. The Hall–Kier alpha value is -1.29. The van der Waals surface area contributed by atoms with Gasteiger partial charge in [0.1, 0.15) is 11.9 Å². The first kappa shape index (κ1) is 12.8. The Morgan fingerprint density at radius 3 is 2.69 bits per heavy atom. The van der Waals surface area contributed by atoms with Crippen molar-refractivity contribution in [3.63, 3.8) is 0 Å². The van der Waals surface area contributed by atoms with Crippen LogP contribution in [0.1, 0.15) is 61.4 Å². The van der Waals surface area contributed by atoms with Crippen molar-refractivity contribution in [1.29, 1.82) is 0 Å². The van der Waals surface area contributed by atoms with Crippen LogP contribution in [0.25, 0.3) is 0 Å². The van der Waals surface area contributed by atoms with Crippen LogP contribution in [0.15, 0.2) is 16.5 Å². The van der Waals surface area contributed by atoms with Crippen LogP contribution in [0, 0.1) is 0 Å². The molecule has 0 spiro atoms. The van der Waals surface area contributed by atoms with Gasteiger partial charge in [-0.25, -0.2) is 4.79 Å². The molecule has 1 rings (SSSR count). The van der Waals surface area contributed by atoms with E-state index in [9.17, 15) is 9.90 Å². The molecule has 0 amide bonds. The van der Waals surface area contributed by atoms with E-state index in [0.29, 0.717) is 12.2 Å². The second kappa shape index (κ2) is 6.33. The van der Waals surface area contributed by atoms with Crippen LogP contribution >= 0.6 is 0 Å². The van der Waals surface area contributed by atoms with E-state index in [4.69, 9.17) is 9.52 Å². The van der Waals surface area contributed by atoms with Gasteiger partial charge in [-0.15, -0.1) is 0 Å². The van der Waals surface area contributed by atoms with Gasteiger partial charge in [0.2, 0.25) is 5.76 Å². The predicted molar refractivity (Wildman–Crippen MR) is 59.4 cm³/mol. The van der Waals surface area contributed by atoms with E-state index in [0.717, 1.165) is 25.7 Å². The number of carbonyl (C=O) groups is 1. The molecule has 1 aromatic rings. The highest BCUT2D eigenvalue weighted by Crippen LogP contribution is 2.22. The Balaban J connectivity index is 2.40. The fourth-order valence-corrected chi connectivity index (χ4v) is 1.55. The van der Waals surface area contributed by atoms with Gasteiger partial charge in [0.15, 0.2) is 0 Å². The molecule has 0 aliphatic carbocycles. The number of hydrogen-bond donors (Lipinski definition) is 2. The molecule has 2 N–H and O–H groups in total. The molecular weight excluding hydrogens is 208 g/mol. The van der Waals surface area contributed by atoms with E-state index in [-0.39, 0.29) is 5.76 Å². The summed E-state index contributed by atoms with van der Waals surface area (Å²) in [6.07, 6.45) is 4.25. The lowest BCUT2D eigenvalue weighted by Gasteiger charge is -2.06. The molecule has 1 heterocycles. The van der Waals surface area contributed by atoms with Gasteiger partial charge in [-0.3, -0.25) is 0 Å². The summed E-state index contributed by atoms with van der Waals surface area (Å²) in [4.78, 5) is 10.6. The van der Waals surface area contributed by atoms with Gasteiger partial charge >= 0.3 is 5.97 Å². The highest BCUT2D eigenvalue weighted by Gasteiger charge is 2.14. The maximum absolute atomic E-state index is 10.6. The summed E-state index contributed by atoms with van der Waals surface area (Å²) in [5.74, 6) is -0.888. The van der Waals surface area contributed by atoms with Crippen LogP contribution in [-0.4, -0.2) is 16.2 Å². The summed E-state index contributed by atoms with van der Waals surface area (Å²) in [6.45, 7) is 2.13. The van der Waals surface area contributed by atoms with Gasteiger partial charge in [0, 0.05) is 0 Å². The van der Waals surface area contributed by atoms with Crippen LogP contribution in [0.2, 0.25) is 0 Å². The summed E-state index contributed by atoms with van der Waals surface area (Å²) < 4.78 is 5.01. The Morgan fingerprint density at radius 2 is 2.12 bits per heavy atom. The largest absolute Gasteiger partial charge is 0.475 e. The van der Waals surface area contributed by atoms with Crippen molar-refractivity contribution in [1.82, 2.24) is 0 Å². The van der Waals surface area contributed by atoms with Crippen molar-refractivity contribution in [3.8, 4) is 0 Å². The lowest BCUT2D eigenvalue weighted by atomic mass is 10.1. The molecule has 0 aromatic carbocycles. The van der Waals surface area contributed by atoms with E-state index in [1.54, 1.807) is 0 Å². The average Bonchev–Trinajstić information content (AvgIpc) is 2.73. The average molecular weight is 226 g/mol. The summed E-state index contributed by atoms with van der Waals surface area (Å²) in [7, 11) is 0. The van der Waals surface area contributed by atoms with Crippen molar-refractivity contribution in [3.05, 3.63) is 23.7 Å². The lowest BCUT2D eigenvalue weighted by Crippen LogP contribution is -1.96. The van der Waals surface area contributed by atoms with Gasteiger partial charge in [-0.05, 0) is 18.6 Å². The molecule has 0 fully saturated rings. The number of carboxylic acid groups (broad SMARTS) is 1. The first-order chi connectivity index (χ1) is 7.65. The Labute approximate surface area is 94.9 Å². The topological polar surface area (TPSA) is 70.7 Å². The third kappa shape index (κ3) is 3.70. The summed E-state index contributed by atoms with van der Waals surface area (Å²) >= 11 is 0. The van der Waals surface area contributed by atoms with E-state index in [1.165, 1.54) is 12.1 Å².